The molecule has 1 heterocycles. The van der Waals surface area contributed by atoms with Crippen LogP contribution in [0, 0.1) is 5.41 Å². The minimum absolute atomic E-state index is 0.269. The molecule has 162 valence electrons. The second kappa shape index (κ2) is 10.4. The van der Waals surface area contributed by atoms with Gasteiger partial charge in [-0.05, 0) is 82.6 Å². The number of esters is 1. The van der Waals surface area contributed by atoms with Crippen molar-refractivity contribution in [1.82, 2.24) is 0 Å². The van der Waals surface area contributed by atoms with Gasteiger partial charge in [0.2, 0.25) is 6.29 Å². The Labute approximate surface area is 176 Å². The zero-order valence-corrected chi connectivity index (χ0v) is 18.6. The average Bonchev–Trinajstić information content (AvgIpc) is 2.95. The number of cyclic esters (lactones) is 1. The molecule has 1 aliphatic heterocycles. The van der Waals surface area contributed by atoms with Gasteiger partial charge in [-0.1, -0.05) is 43.2 Å². The molecule has 0 bridgehead atoms. The highest BCUT2D eigenvalue weighted by Crippen LogP contribution is 2.42. The van der Waals surface area contributed by atoms with Crippen molar-refractivity contribution >= 4 is 5.97 Å². The SMILES string of the molecule is C=C(CCC1=C(C)CCCC1(C)C)C(O)CC/C(C)=C/CCC1=CC(=O)OC1O. The number of hydrogen-bond acceptors (Lipinski definition) is 4. The van der Waals surface area contributed by atoms with Crippen molar-refractivity contribution in [2.24, 2.45) is 5.41 Å². The predicted octanol–water partition coefficient (Wildman–Crippen LogP) is 5.52. The highest BCUT2D eigenvalue weighted by molar-refractivity contribution is 5.85. The Morgan fingerprint density at radius 3 is 2.72 bits per heavy atom. The van der Waals surface area contributed by atoms with Crippen LogP contribution in [-0.4, -0.2) is 28.6 Å². The summed E-state index contributed by atoms with van der Waals surface area (Å²) in [6, 6.07) is 0. The van der Waals surface area contributed by atoms with E-state index in [0.29, 0.717) is 18.4 Å². The first-order chi connectivity index (χ1) is 13.6. The molecule has 2 unspecified atom stereocenters. The number of allylic oxidation sites excluding steroid dienone is 4. The van der Waals surface area contributed by atoms with Gasteiger partial charge in [-0.2, -0.15) is 0 Å². The van der Waals surface area contributed by atoms with Gasteiger partial charge < -0.3 is 14.9 Å². The predicted molar refractivity (Wildman–Crippen MR) is 117 cm³/mol. The van der Waals surface area contributed by atoms with Gasteiger partial charge in [-0.3, -0.25) is 0 Å². The zero-order chi connectivity index (χ0) is 21.6. The van der Waals surface area contributed by atoms with Crippen LogP contribution in [-0.2, 0) is 9.53 Å². The molecule has 2 aliphatic rings. The van der Waals surface area contributed by atoms with E-state index in [0.717, 1.165) is 31.3 Å². The van der Waals surface area contributed by atoms with Crippen molar-refractivity contribution in [2.45, 2.75) is 97.9 Å². The fourth-order valence-corrected chi connectivity index (χ4v) is 4.47. The lowest BCUT2D eigenvalue weighted by Crippen LogP contribution is -2.21. The number of hydrogen-bond donors (Lipinski definition) is 2. The van der Waals surface area contributed by atoms with Crippen LogP contribution >= 0.6 is 0 Å². The first-order valence-corrected chi connectivity index (χ1v) is 10.9. The second-order valence-corrected chi connectivity index (χ2v) is 9.31. The van der Waals surface area contributed by atoms with Gasteiger partial charge in [0.15, 0.2) is 0 Å². The summed E-state index contributed by atoms with van der Waals surface area (Å²) in [4.78, 5) is 11.1. The Morgan fingerprint density at radius 1 is 1.38 bits per heavy atom. The maximum atomic E-state index is 11.1. The molecule has 2 rings (SSSR count). The van der Waals surface area contributed by atoms with E-state index in [1.807, 2.05) is 0 Å². The van der Waals surface area contributed by atoms with E-state index in [2.05, 4.69) is 45.1 Å². The fraction of sp³-hybridized carbons (Fsp3) is 0.640. The van der Waals surface area contributed by atoms with Crippen LogP contribution < -0.4 is 0 Å². The lowest BCUT2D eigenvalue weighted by molar-refractivity contribution is -0.151. The van der Waals surface area contributed by atoms with Gasteiger partial charge >= 0.3 is 5.97 Å². The molecule has 0 aromatic rings. The topological polar surface area (TPSA) is 66.8 Å². The van der Waals surface area contributed by atoms with Crippen molar-refractivity contribution in [3.05, 3.63) is 46.6 Å². The number of rotatable bonds is 10. The number of carbonyl (C=O) groups excluding carboxylic acids is 1. The largest absolute Gasteiger partial charge is 0.429 e. The molecule has 0 amide bonds. The third-order valence-corrected chi connectivity index (χ3v) is 6.44. The summed E-state index contributed by atoms with van der Waals surface area (Å²) >= 11 is 0. The van der Waals surface area contributed by atoms with Crippen LogP contribution in [0.15, 0.2) is 46.6 Å². The van der Waals surface area contributed by atoms with E-state index in [1.165, 1.54) is 36.5 Å². The van der Waals surface area contributed by atoms with Crippen LogP contribution in [0.3, 0.4) is 0 Å². The number of carbonyl (C=O) groups is 1. The molecule has 1 aliphatic carbocycles. The van der Waals surface area contributed by atoms with Crippen molar-refractivity contribution in [2.75, 3.05) is 0 Å². The molecule has 4 nitrogen and oxygen atoms in total. The summed E-state index contributed by atoms with van der Waals surface area (Å²) in [6.07, 6.45) is 10.3. The van der Waals surface area contributed by atoms with Crippen molar-refractivity contribution < 1.29 is 19.7 Å². The van der Waals surface area contributed by atoms with Gasteiger partial charge in [-0.25, -0.2) is 4.79 Å². The molecular formula is C25H38O4. The molecule has 0 saturated heterocycles. The zero-order valence-electron chi connectivity index (χ0n) is 18.6. The second-order valence-electron chi connectivity index (χ2n) is 9.31. The monoisotopic (exact) mass is 402 g/mol. The van der Waals surface area contributed by atoms with E-state index < -0.39 is 18.4 Å². The first kappa shape index (κ1) is 23.6. The van der Waals surface area contributed by atoms with Crippen LogP contribution in [0.2, 0.25) is 0 Å². The summed E-state index contributed by atoms with van der Waals surface area (Å²) < 4.78 is 4.68. The molecule has 29 heavy (non-hydrogen) atoms. The summed E-state index contributed by atoms with van der Waals surface area (Å²) in [5.74, 6) is -0.475. The van der Waals surface area contributed by atoms with Crippen molar-refractivity contribution in [1.29, 1.82) is 0 Å². The highest BCUT2D eigenvalue weighted by atomic mass is 16.6. The lowest BCUT2D eigenvalue weighted by Gasteiger charge is -2.35. The van der Waals surface area contributed by atoms with E-state index in [9.17, 15) is 15.0 Å². The third-order valence-electron chi connectivity index (χ3n) is 6.44. The highest BCUT2D eigenvalue weighted by Gasteiger charge is 2.28. The molecule has 0 spiro atoms. The standard InChI is InChI=1S/C25H38O4/c1-17(8-6-10-20-16-23(27)29-24(20)28)11-14-22(26)19(3)12-13-21-18(2)9-7-15-25(21,4)5/h8,16,22,24,26,28H,3,6-7,9-15H2,1-2,4-5H3/b17-8+. The number of aliphatic hydroxyl groups is 2. The summed E-state index contributed by atoms with van der Waals surface area (Å²) in [7, 11) is 0. The molecule has 0 radical (unpaired) electrons. The van der Waals surface area contributed by atoms with Gasteiger partial charge in [-0.15, -0.1) is 0 Å². The summed E-state index contributed by atoms with van der Waals surface area (Å²) in [5, 5.41) is 20.1. The first-order valence-electron chi connectivity index (χ1n) is 10.9. The Morgan fingerprint density at radius 2 is 2.10 bits per heavy atom. The third kappa shape index (κ3) is 6.97. The molecule has 2 atom stereocenters. The van der Waals surface area contributed by atoms with Crippen LogP contribution in [0.4, 0.5) is 0 Å². The molecule has 4 heteroatoms. The Bertz CT molecular complexity index is 708. The molecule has 2 N–H and O–H groups in total. The van der Waals surface area contributed by atoms with Gasteiger partial charge in [0.1, 0.15) is 0 Å². The molecular weight excluding hydrogens is 364 g/mol. The molecule has 0 aromatic heterocycles. The minimum Gasteiger partial charge on any atom is -0.429 e. The van der Waals surface area contributed by atoms with E-state index in [4.69, 9.17) is 0 Å². The van der Waals surface area contributed by atoms with Crippen molar-refractivity contribution in [3.8, 4) is 0 Å². The molecule has 0 saturated carbocycles. The van der Waals surface area contributed by atoms with Crippen molar-refractivity contribution in [3.63, 3.8) is 0 Å². The van der Waals surface area contributed by atoms with Gasteiger partial charge in [0, 0.05) is 11.6 Å². The minimum atomic E-state index is -1.09. The number of aliphatic hydroxyl groups excluding tert-OH is 2. The van der Waals surface area contributed by atoms with E-state index in [-0.39, 0.29) is 5.41 Å². The van der Waals surface area contributed by atoms with Crippen LogP contribution in [0.25, 0.3) is 0 Å². The summed E-state index contributed by atoms with van der Waals surface area (Å²) in [5.41, 5.74) is 6.10. The maximum absolute atomic E-state index is 11.1. The quantitative estimate of drug-likeness (QED) is 0.373. The van der Waals surface area contributed by atoms with E-state index >= 15 is 0 Å². The van der Waals surface area contributed by atoms with Crippen LogP contribution in [0.1, 0.15) is 85.5 Å². The van der Waals surface area contributed by atoms with Crippen LogP contribution in [0.5, 0.6) is 0 Å². The normalized spacial score (nSPS) is 23.1. The molecule has 0 aromatic carbocycles. The van der Waals surface area contributed by atoms with Gasteiger partial charge in [0.25, 0.3) is 0 Å². The molecule has 0 fully saturated rings. The average molecular weight is 403 g/mol. The smallest absolute Gasteiger partial charge is 0.333 e. The van der Waals surface area contributed by atoms with E-state index in [1.54, 1.807) is 5.57 Å². The number of ether oxygens (including phenoxy) is 1. The Hall–Kier alpha value is -1.65. The summed E-state index contributed by atoms with van der Waals surface area (Å²) in [6.45, 7) is 13.1. The van der Waals surface area contributed by atoms with Gasteiger partial charge in [0.05, 0.1) is 6.10 Å². The Balaban J connectivity index is 1.73. The Kier molecular flexibility index (Phi) is 8.47. The lowest BCUT2D eigenvalue weighted by atomic mass is 9.71. The maximum Gasteiger partial charge on any atom is 0.333 e. The fourth-order valence-electron chi connectivity index (χ4n) is 4.47.